The first-order chi connectivity index (χ1) is 13.4. The number of β-amino-alcohol motifs (C(OH)–C–C–N with tert-alkyl or cyclic N) is 1. The minimum Gasteiger partial charge on any atom is -0.508 e. The Bertz CT molecular complexity index is 1020. The molecule has 8 heteroatoms. The molecule has 0 aliphatic carbocycles. The van der Waals surface area contributed by atoms with Crippen molar-refractivity contribution in [1.82, 2.24) is 9.47 Å². The number of unbranched alkanes of at least 4 members (excludes halogenated alkanes) is 1. The Morgan fingerprint density at radius 1 is 1.18 bits per heavy atom. The van der Waals surface area contributed by atoms with E-state index in [0.29, 0.717) is 9.90 Å². The third kappa shape index (κ3) is 3.75. The zero-order chi connectivity index (χ0) is 19.8. The van der Waals surface area contributed by atoms with Crippen molar-refractivity contribution in [1.29, 1.82) is 0 Å². The number of thiophene rings is 1. The van der Waals surface area contributed by atoms with Crippen LogP contribution in [-0.2, 0) is 6.54 Å². The fourth-order valence-corrected chi connectivity index (χ4v) is 4.86. The van der Waals surface area contributed by atoms with Gasteiger partial charge in [0.1, 0.15) is 10.6 Å². The van der Waals surface area contributed by atoms with Gasteiger partial charge in [-0.15, -0.1) is 11.3 Å². The molecule has 0 unspecified atom stereocenters. The smallest absolute Gasteiger partial charge is 0.345 e. The fourth-order valence-electron chi connectivity index (χ4n) is 3.65. The van der Waals surface area contributed by atoms with Gasteiger partial charge in [0, 0.05) is 25.2 Å². The molecule has 1 aromatic carbocycles. The second kappa shape index (κ2) is 7.75. The van der Waals surface area contributed by atoms with Gasteiger partial charge in [0.15, 0.2) is 0 Å². The summed E-state index contributed by atoms with van der Waals surface area (Å²) in [5.41, 5.74) is 2.62. The third-order valence-corrected chi connectivity index (χ3v) is 6.44. The minimum atomic E-state index is -0.923. The summed E-state index contributed by atoms with van der Waals surface area (Å²) in [5.74, 6) is -0.813. The molecule has 6 nitrogen and oxygen atoms in total. The average Bonchev–Trinajstić information content (AvgIpc) is 3.15. The van der Waals surface area contributed by atoms with E-state index in [4.69, 9.17) is 11.6 Å². The Kier molecular flexibility index (Phi) is 5.33. The number of benzene rings is 1. The summed E-state index contributed by atoms with van der Waals surface area (Å²) in [5, 5.41) is 28.8. The number of likely N-dealkylation sites (tertiary alicyclic amines) is 1. The molecular weight excluding hydrogens is 400 g/mol. The summed E-state index contributed by atoms with van der Waals surface area (Å²) < 4.78 is 3.02. The summed E-state index contributed by atoms with van der Waals surface area (Å²) in [6.07, 6.45) is 1.73. The number of nitrogens with zero attached hydrogens (tertiary/aromatic N) is 2. The number of aromatic nitrogens is 1. The van der Waals surface area contributed by atoms with Gasteiger partial charge in [0.2, 0.25) is 0 Å². The summed E-state index contributed by atoms with van der Waals surface area (Å²) in [4.78, 5) is 13.9. The third-order valence-electron chi connectivity index (χ3n) is 5.07. The number of phenols is 1. The van der Waals surface area contributed by atoms with Gasteiger partial charge >= 0.3 is 5.97 Å². The predicted molar refractivity (Wildman–Crippen MR) is 111 cm³/mol. The van der Waals surface area contributed by atoms with Crippen molar-refractivity contribution in [3.63, 3.8) is 0 Å². The Balaban J connectivity index is 1.61. The van der Waals surface area contributed by atoms with Crippen LogP contribution in [0.5, 0.6) is 5.75 Å². The molecule has 0 saturated carbocycles. The molecule has 2 aromatic heterocycles. The van der Waals surface area contributed by atoms with Crippen molar-refractivity contribution in [2.75, 3.05) is 19.6 Å². The molecular formula is C20H21ClN2O4S. The summed E-state index contributed by atoms with van der Waals surface area (Å²) in [6, 6.07) is 8.58. The first kappa shape index (κ1) is 19.3. The van der Waals surface area contributed by atoms with Crippen molar-refractivity contribution in [2.24, 2.45) is 0 Å². The Morgan fingerprint density at radius 2 is 1.93 bits per heavy atom. The van der Waals surface area contributed by atoms with Crippen LogP contribution in [0.25, 0.3) is 21.5 Å². The molecule has 0 atom stereocenters. The fraction of sp³-hybridized carbons (Fsp3) is 0.350. The molecule has 0 spiro atoms. The van der Waals surface area contributed by atoms with E-state index < -0.39 is 5.97 Å². The van der Waals surface area contributed by atoms with E-state index in [1.807, 2.05) is 6.07 Å². The molecule has 1 saturated heterocycles. The lowest BCUT2D eigenvalue weighted by molar-refractivity contribution is 0.00142. The molecule has 0 radical (unpaired) electrons. The number of fused-ring (bicyclic) bond motifs is 1. The van der Waals surface area contributed by atoms with Crippen LogP contribution >= 0.6 is 22.9 Å². The molecule has 1 fully saturated rings. The van der Waals surface area contributed by atoms with Crippen LogP contribution in [0, 0.1) is 0 Å². The molecule has 1 aliphatic heterocycles. The first-order valence-corrected chi connectivity index (χ1v) is 10.4. The van der Waals surface area contributed by atoms with Crippen LogP contribution in [0.4, 0.5) is 0 Å². The molecule has 0 bridgehead atoms. The SMILES string of the molecule is O=C(O)c1cc2c(cc(-c3ccc(O)cc3Cl)n2CCCCN2CC(O)C2)s1. The van der Waals surface area contributed by atoms with Crippen LogP contribution in [0.1, 0.15) is 22.5 Å². The highest BCUT2D eigenvalue weighted by Gasteiger charge is 2.23. The number of rotatable bonds is 7. The number of phenolic OH excluding ortho intramolecular Hbond substituents is 1. The zero-order valence-electron chi connectivity index (χ0n) is 15.1. The topological polar surface area (TPSA) is 85.9 Å². The van der Waals surface area contributed by atoms with E-state index in [1.165, 1.54) is 17.4 Å². The number of hydrogen-bond acceptors (Lipinski definition) is 5. The van der Waals surface area contributed by atoms with E-state index >= 15 is 0 Å². The van der Waals surface area contributed by atoms with E-state index in [0.717, 1.165) is 60.5 Å². The van der Waals surface area contributed by atoms with Crippen LogP contribution in [-0.4, -0.2) is 56.5 Å². The van der Waals surface area contributed by atoms with E-state index in [1.54, 1.807) is 18.2 Å². The predicted octanol–water partition coefficient (Wildman–Crippen LogP) is 3.88. The number of aliphatic hydroxyl groups is 1. The van der Waals surface area contributed by atoms with E-state index in [9.17, 15) is 20.1 Å². The summed E-state index contributed by atoms with van der Waals surface area (Å²) >= 11 is 7.61. The molecule has 4 rings (SSSR count). The molecule has 3 N–H and O–H groups in total. The lowest BCUT2D eigenvalue weighted by Gasteiger charge is -2.35. The Labute approximate surface area is 171 Å². The molecule has 148 valence electrons. The highest BCUT2D eigenvalue weighted by atomic mass is 35.5. The lowest BCUT2D eigenvalue weighted by atomic mass is 10.1. The normalized spacial score (nSPS) is 15.2. The second-order valence-corrected chi connectivity index (χ2v) is 8.62. The Morgan fingerprint density at radius 3 is 2.61 bits per heavy atom. The highest BCUT2D eigenvalue weighted by Crippen LogP contribution is 2.38. The van der Waals surface area contributed by atoms with Gasteiger partial charge in [-0.05, 0) is 49.7 Å². The van der Waals surface area contributed by atoms with E-state index in [-0.39, 0.29) is 11.9 Å². The standard InChI is InChI=1S/C20H21ClN2O4S/c21-15-7-12(24)3-4-14(15)16-8-18-17(9-19(28-18)20(26)27)23(16)6-2-1-5-22-10-13(25)11-22/h3-4,7-9,13,24-25H,1-2,5-6,10-11H2,(H,26,27). The number of carboxylic acid groups (broad SMARTS) is 1. The van der Waals surface area contributed by atoms with Crippen molar-refractivity contribution < 1.29 is 20.1 Å². The van der Waals surface area contributed by atoms with Crippen LogP contribution in [0.15, 0.2) is 30.3 Å². The molecule has 0 amide bonds. The van der Waals surface area contributed by atoms with Crippen molar-refractivity contribution in [3.05, 3.63) is 40.2 Å². The first-order valence-electron chi connectivity index (χ1n) is 9.18. The number of aromatic hydroxyl groups is 1. The number of aliphatic hydroxyl groups excluding tert-OH is 1. The van der Waals surface area contributed by atoms with Gasteiger partial charge in [-0.1, -0.05) is 11.6 Å². The number of aryl methyl sites for hydroxylation is 1. The van der Waals surface area contributed by atoms with Crippen LogP contribution in [0.3, 0.4) is 0 Å². The quantitative estimate of drug-likeness (QED) is 0.505. The van der Waals surface area contributed by atoms with Gasteiger partial charge in [0.25, 0.3) is 0 Å². The maximum Gasteiger partial charge on any atom is 0.345 e. The van der Waals surface area contributed by atoms with Crippen molar-refractivity contribution in [2.45, 2.75) is 25.5 Å². The highest BCUT2D eigenvalue weighted by molar-refractivity contribution is 7.20. The number of halogens is 1. The molecule has 1 aliphatic rings. The van der Waals surface area contributed by atoms with Gasteiger partial charge in [-0.2, -0.15) is 0 Å². The van der Waals surface area contributed by atoms with Crippen LogP contribution in [0.2, 0.25) is 5.02 Å². The maximum absolute atomic E-state index is 11.4. The largest absolute Gasteiger partial charge is 0.508 e. The monoisotopic (exact) mass is 420 g/mol. The van der Waals surface area contributed by atoms with Gasteiger partial charge in [-0.3, -0.25) is 4.90 Å². The van der Waals surface area contributed by atoms with Crippen LogP contribution < -0.4 is 0 Å². The maximum atomic E-state index is 11.4. The molecule has 3 aromatic rings. The van der Waals surface area contributed by atoms with E-state index in [2.05, 4.69) is 9.47 Å². The molecule has 3 heterocycles. The van der Waals surface area contributed by atoms with Gasteiger partial charge in [-0.25, -0.2) is 4.79 Å². The number of carbonyl (C=O) groups is 1. The number of aromatic carboxylic acids is 1. The van der Waals surface area contributed by atoms with Gasteiger partial charge in [0.05, 0.1) is 27.0 Å². The number of hydrogen-bond donors (Lipinski definition) is 3. The lowest BCUT2D eigenvalue weighted by Crippen LogP contribution is -2.50. The van der Waals surface area contributed by atoms with Gasteiger partial charge < -0.3 is 19.9 Å². The van der Waals surface area contributed by atoms with Crippen molar-refractivity contribution in [3.8, 4) is 17.0 Å². The van der Waals surface area contributed by atoms with Crippen molar-refractivity contribution >= 4 is 39.1 Å². The average molecular weight is 421 g/mol. The minimum absolute atomic E-state index is 0.110. The zero-order valence-corrected chi connectivity index (χ0v) is 16.7. The summed E-state index contributed by atoms with van der Waals surface area (Å²) in [7, 11) is 0. The second-order valence-electron chi connectivity index (χ2n) is 7.13. The summed E-state index contributed by atoms with van der Waals surface area (Å²) in [6.45, 7) is 3.17. The Hall–Kier alpha value is -2.06. The number of carboxylic acids is 1. The molecule has 28 heavy (non-hydrogen) atoms.